The first-order chi connectivity index (χ1) is 17.5. The molecule has 0 spiro atoms. The minimum atomic E-state index is -0.239. The highest BCUT2D eigenvalue weighted by atomic mass is 19.1. The molecule has 36 heavy (non-hydrogen) atoms. The van der Waals surface area contributed by atoms with E-state index in [1.54, 1.807) is 12.3 Å². The Bertz CT molecular complexity index is 1560. The van der Waals surface area contributed by atoms with Crippen LogP contribution in [0, 0.1) is 30.0 Å². The van der Waals surface area contributed by atoms with Gasteiger partial charge in [0.05, 0.1) is 0 Å². The van der Waals surface area contributed by atoms with Crippen LogP contribution in [0.1, 0.15) is 59.7 Å². The molecule has 0 N–H and O–H groups in total. The van der Waals surface area contributed by atoms with Crippen LogP contribution in [0.5, 0.6) is 0 Å². The van der Waals surface area contributed by atoms with Gasteiger partial charge in [0.15, 0.2) is 0 Å². The van der Waals surface area contributed by atoms with Crippen molar-refractivity contribution in [3.05, 3.63) is 125 Å². The molecule has 4 aromatic rings. The lowest BCUT2D eigenvalue weighted by Gasteiger charge is -2.32. The number of imidazole rings is 1. The average molecular weight is 474 g/mol. The molecule has 0 atom stereocenters. The van der Waals surface area contributed by atoms with Gasteiger partial charge in [0.1, 0.15) is 23.2 Å². The molecule has 2 aromatic heterocycles. The molecule has 1 aliphatic carbocycles. The van der Waals surface area contributed by atoms with Gasteiger partial charge in [-0.2, -0.15) is 5.26 Å². The third-order valence-electron chi connectivity index (χ3n) is 6.96. The fraction of sp³-hybridized carbons (Fsp3) is 0.188. The number of fused-ring (bicyclic) bond motifs is 1. The van der Waals surface area contributed by atoms with E-state index < -0.39 is 0 Å². The maximum atomic E-state index is 14.1. The standard InChI is InChI=1S/C32H28FN3/c1-21(2)7-8-23-9-11-25(12-10-23)32(28-15-16-30-35-17-18-36(30)29(28)20-34)31(24-5-4-6-24)27-14-13-26(33)19-22(27)3/h7-19,24H,1,4-6H2,2-3H3/b8-7+,32-31+. The maximum absolute atomic E-state index is 14.1. The Morgan fingerprint density at radius 3 is 2.50 bits per heavy atom. The molecule has 0 radical (unpaired) electrons. The van der Waals surface area contributed by atoms with Crippen LogP contribution >= 0.6 is 0 Å². The van der Waals surface area contributed by atoms with E-state index in [1.807, 2.05) is 54.8 Å². The van der Waals surface area contributed by atoms with Crippen LogP contribution in [0.25, 0.3) is 22.9 Å². The van der Waals surface area contributed by atoms with Crippen molar-refractivity contribution in [2.24, 2.45) is 5.92 Å². The minimum Gasteiger partial charge on any atom is -0.290 e. The van der Waals surface area contributed by atoms with Crippen LogP contribution in [0.15, 0.2) is 85.2 Å². The van der Waals surface area contributed by atoms with Gasteiger partial charge in [-0.05, 0) is 90.3 Å². The van der Waals surface area contributed by atoms with Gasteiger partial charge in [0.2, 0.25) is 0 Å². The lowest BCUT2D eigenvalue weighted by atomic mass is 9.72. The molecule has 1 aliphatic rings. The normalized spacial score (nSPS) is 14.5. The summed E-state index contributed by atoms with van der Waals surface area (Å²) in [5.74, 6) is 0.106. The highest BCUT2D eigenvalue weighted by Gasteiger charge is 2.29. The highest BCUT2D eigenvalue weighted by Crippen LogP contribution is 2.46. The van der Waals surface area contributed by atoms with Gasteiger partial charge in [-0.1, -0.05) is 61.1 Å². The number of pyridine rings is 1. The lowest BCUT2D eigenvalue weighted by Crippen LogP contribution is -2.16. The Hall–Kier alpha value is -4.23. The zero-order chi connectivity index (χ0) is 25.2. The summed E-state index contributed by atoms with van der Waals surface area (Å²) in [6.07, 6.45) is 10.9. The summed E-state index contributed by atoms with van der Waals surface area (Å²) in [6, 6.07) is 19.8. The lowest BCUT2D eigenvalue weighted by molar-refractivity contribution is 0.401. The van der Waals surface area contributed by atoms with Crippen molar-refractivity contribution in [1.82, 2.24) is 9.38 Å². The minimum absolute atomic E-state index is 0.239. The predicted molar refractivity (Wildman–Crippen MR) is 145 cm³/mol. The van der Waals surface area contributed by atoms with Gasteiger partial charge in [-0.15, -0.1) is 0 Å². The molecule has 1 fully saturated rings. The molecule has 2 heterocycles. The summed E-state index contributed by atoms with van der Waals surface area (Å²) >= 11 is 0. The van der Waals surface area contributed by atoms with Gasteiger partial charge >= 0.3 is 0 Å². The molecule has 0 bridgehead atoms. The molecule has 4 heteroatoms. The SMILES string of the molecule is C=C(C)/C=C/c1ccc(/C(=C(\c2ccc(F)cc2C)C2CCC2)c2ccc3nccn3c2C#N)cc1. The zero-order valence-electron chi connectivity index (χ0n) is 20.6. The maximum Gasteiger partial charge on any atom is 0.137 e. The third-order valence-corrected chi connectivity index (χ3v) is 6.96. The van der Waals surface area contributed by atoms with Crippen LogP contribution in [0.4, 0.5) is 4.39 Å². The fourth-order valence-electron chi connectivity index (χ4n) is 4.95. The van der Waals surface area contributed by atoms with E-state index in [0.29, 0.717) is 11.6 Å². The van der Waals surface area contributed by atoms with E-state index in [2.05, 4.69) is 41.9 Å². The smallest absolute Gasteiger partial charge is 0.137 e. The number of nitrogens with zero attached hydrogens (tertiary/aromatic N) is 3. The molecular weight excluding hydrogens is 445 g/mol. The van der Waals surface area contributed by atoms with Crippen molar-refractivity contribution < 1.29 is 4.39 Å². The molecule has 5 rings (SSSR count). The number of allylic oxidation sites excluding steroid dienone is 3. The van der Waals surface area contributed by atoms with Gasteiger partial charge in [-0.3, -0.25) is 4.40 Å². The number of hydrogen-bond acceptors (Lipinski definition) is 2. The molecule has 0 aliphatic heterocycles. The largest absolute Gasteiger partial charge is 0.290 e. The van der Waals surface area contributed by atoms with Gasteiger partial charge in [0.25, 0.3) is 0 Å². The van der Waals surface area contributed by atoms with Gasteiger partial charge in [-0.25, -0.2) is 9.37 Å². The quantitative estimate of drug-likeness (QED) is 0.210. The predicted octanol–water partition coefficient (Wildman–Crippen LogP) is 8.00. The van der Waals surface area contributed by atoms with Crippen LogP contribution in [0.2, 0.25) is 0 Å². The Kier molecular flexibility index (Phi) is 6.40. The molecule has 3 nitrogen and oxygen atoms in total. The number of aromatic nitrogens is 2. The highest BCUT2D eigenvalue weighted by molar-refractivity contribution is 6.01. The summed E-state index contributed by atoms with van der Waals surface area (Å²) in [7, 11) is 0. The van der Waals surface area contributed by atoms with E-state index in [4.69, 9.17) is 0 Å². The summed E-state index contributed by atoms with van der Waals surface area (Å²) in [6.45, 7) is 7.87. The first-order valence-corrected chi connectivity index (χ1v) is 12.3. The van der Waals surface area contributed by atoms with E-state index in [0.717, 1.165) is 63.9 Å². The Morgan fingerprint density at radius 2 is 1.86 bits per heavy atom. The summed E-state index contributed by atoms with van der Waals surface area (Å²) in [5.41, 5.74) is 9.39. The van der Waals surface area contributed by atoms with Crippen molar-refractivity contribution in [2.75, 3.05) is 0 Å². The number of benzene rings is 2. The van der Waals surface area contributed by atoms with Crippen LogP contribution < -0.4 is 0 Å². The molecule has 0 saturated heterocycles. The van der Waals surface area contributed by atoms with E-state index in [1.165, 1.54) is 11.6 Å². The van der Waals surface area contributed by atoms with Crippen molar-refractivity contribution in [3.63, 3.8) is 0 Å². The number of hydrogen-bond donors (Lipinski definition) is 0. The first kappa shape index (κ1) is 23.5. The molecule has 2 aromatic carbocycles. The second-order valence-corrected chi connectivity index (χ2v) is 9.54. The van der Waals surface area contributed by atoms with E-state index in [-0.39, 0.29) is 5.82 Å². The molecular formula is C32H28FN3. The Balaban J connectivity index is 1.82. The molecule has 0 amide bonds. The summed E-state index contributed by atoms with van der Waals surface area (Å²) < 4.78 is 15.9. The second kappa shape index (κ2) is 9.79. The third kappa shape index (κ3) is 4.41. The van der Waals surface area contributed by atoms with E-state index in [9.17, 15) is 9.65 Å². The zero-order valence-corrected chi connectivity index (χ0v) is 20.6. The van der Waals surface area contributed by atoms with Crippen molar-refractivity contribution in [3.8, 4) is 6.07 Å². The topological polar surface area (TPSA) is 41.1 Å². The number of aryl methyl sites for hydroxylation is 1. The van der Waals surface area contributed by atoms with E-state index >= 15 is 0 Å². The number of rotatable bonds is 6. The van der Waals surface area contributed by atoms with Crippen LogP contribution in [-0.2, 0) is 0 Å². The number of nitriles is 1. The van der Waals surface area contributed by atoms with Crippen molar-refractivity contribution in [2.45, 2.75) is 33.1 Å². The molecule has 1 saturated carbocycles. The Morgan fingerprint density at radius 1 is 1.11 bits per heavy atom. The number of halogens is 1. The average Bonchev–Trinajstić information content (AvgIpc) is 3.31. The second-order valence-electron chi connectivity index (χ2n) is 9.54. The van der Waals surface area contributed by atoms with Gasteiger partial charge in [0, 0.05) is 18.0 Å². The van der Waals surface area contributed by atoms with Gasteiger partial charge < -0.3 is 0 Å². The van der Waals surface area contributed by atoms with Crippen LogP contribution in [0.3, 0.4) is 0 Å². The van der Waals surface area contributed by atoms with Crippen molar-refractivity contribution >= 4 is 22.9 Å². The van der Waals surface area contributed by atoms with Crippen molar-refractivity contribution in [1.29, 1.82) is 5.26 Å². The Labute approximate surface area is 211 Å². The van der Waals surface area contributed by atoms with Crippen LogP contribution in [-0.4, -0.2) is 9.38 Å². The summed E-state index contributed by atoms with van der Waals surface area (Å²) in [5, 5.41) is 10.3. The summed E-state index contributed by atoms with van der Waals surface area (Å²) in [4.78, 5) is 4.38. The molecule has 0 unspecified atom stereocenters. The monoisotopic (exact) mass is 473 g/mol. The fourth-order valence-corrected chi connectivity index (χ4v) is 4.95. The molecule has 178 valence electrons. The first-order valence-electron chi connectivity index (χ1n) is 12.3.